The fraction of sp³-hybridized carbons (Fsp3) is 0.625. The smallest absolute Gasteiger partial charge is 0.0453 e. The Morgan fingerprint density at radius 2 is 2.05 bits per heavy atom. The third-order valence-corrected chi connectivity index (χ3v) is 4.60. The van der Waals surface area contributed by atoms with Crippen LogP contribution in [0.2, 0.25) is 5.02 Å². The maximum Gasteiger partial charge on any atom is 0.0453 e. The predicted molar refractivity (Wildman–Crippen MR) is 82.7 cm³/mol. The SMILES string of the molecule is CC(N[C@@H](C)c1ccccc1Cl)C1CCCN(C)C1. The number of benzene rings is 1. The van der Waals surface area contributed by atoms with Gasteiger partial charge in [-0.25, -0.2) is 0 Å². The van der Waals surface area contributed by atoms with Gasteiger partial charge in [-0.1, -0.05) is 29.8 Å². The Bertz CT molecular complexity index is 407. The van der Waals surface area contributed by atoms with Crippen LogP contribution in [0.4, 0.5) is 0 Å². The number of rotatable bonds is 4. The molecule has 106 valence electrons. The van der Waals surface area contributed by atoms with E-state index in [9.17, 15) is 0 Å². The lowest BCUT2D eigenvalue weighted by molar-refractivity contribution is 0.174. The zero-order valence-corrected chi connectivity index (χ0v) is 13.0. The second-order valence-corrected chi connectivity index (χ2v) is 6.27. The van der Waals surface area contributed by atoms with E-state index < -0.39 is 0 Å². The van der Waals surface area contributed by atoms with E-state index in [2.05, 4.69) is 43.2 Å². The van der Waals surface area contributed by atoms with Crippen molar-refractivity contribution < 1.29 is 0 Å². The van der Waals surface area contributed by atoms with Crippen LogP contribution in [0.5, 0.6) is 0 Å². The molecule has 2 nitrogen and oxygen atoms in total. The number of halogens is 1. The standard InChI is InChI=1S/C16H25ClN2/c1-12(14-7-6-10-19(3)11-14)18-13(2)15-8-4-5-9-16(15)17/h4-5,8-9,12-14,18H,6-7,10-11H2,1-3H3/t12?,13-,14?/m0/s1. The van der Waals surface area contributed by atoms with Crippen molar-refractivity contribution in [2.75, 3.05) is 20.1 Å². The maximum atomic E-state index is 6.26. The minimum Gasteiger partial charge on any atom is -0.307 e. The highest BCUT2D eigenvalue weighted by Crippen LogP contribution is 2.25. The van der Waals surface area contributed by atoms with Crippen LogP contribution >= 0.6 is 11.6 Å². The van der Waals surface area contributed by atoms with Crippen molar-refractivity contribution in [3.63, 3.8) is 0 Å². The summed E-state index contributed by atoms with van der Waals surface area (Å²) in [5, 5.41) is 4.57. The first kappa shape index (κ1) is 14.8. The van der Waals surface area contributed by atoms with E-state index in [0.717, 1.165) is 10.9 Å². The Hall–Kier alpha value is -0.570. The maximum absolute atomic E-state index is 6.26. The first-order chi connectivity index (χ1) is 9.08. The van der Waals surface area contributed by atoms with Gasteiger partial charge in [-0.15, -0.1) is 0 Å². The van der Waals surface area contributed by atoms with Gasteiger partial charge in [0.2, 0.25) is 0 Å². The van der Waals surface area contributed by atoms with E-state index in [0.29, 0.717) is 12.1 Å². The van der Waals surface area contributed by atoms with Gasteiger partial charge in [-0.05, 0) is 57.8 Å². The molecule has 1 heterocycles. The quantitative estimate of drug-likeness (QED) is 0.904. The first-order valence-corrected chi connectivity index (χ1v) is 7.64. The normalized spacial score (nSPS) is 24.1. The van der Waals surface area contributed by atoms with Gasteiger partial charge in [0.15, 0.2) is 0 Å². The summed E-state index contributed by atoms with van der Waals surface area (Å²) in [5.74, 6) is 0.740. The molecule has 1 aliphatic heterocycles. The summed E-state index contributed by atoms with van der Waals surface area (Å²) >= 11 is 6.26. The second-order valence-electron chi connectivity index (χ2n) is 5.86. The van der Waals surface area contributed by atoms with Crippen LogP contribution in [-0.4, -0.2) is 31.1 Å². The van der Waals surface area contributed by atoms with Gasteiger partial charge in [0.25, 0.3) is 0 Å². The Balaban J connectivity index is 1.95. The number of hydrogen-bond donors (Lipinski definition) is 1. The summed E-state index contributed by atoms with van der Waals surface area (Å²) in [6.07, 6.45) is 2.64. The minimum absolute atomic E-state index is 0.302. The highest BCUT2D eigenvalue weighted by molar-refractivity contribution is 6.31. The van der Waals surface area contributed by atoms with Gasteiger partial charge in [0, 0.05) is 23.7 Å². The molecule has 0 saturated carbocycles. The number of likely N-dealkylation sites (tertiary alicyclic amines) is 1. The molecule has 1 aliphatic rings. The third kappa shape index (κ3) is 3.95. The van der Waals surface area contributed by atoms with Gasteiger partial charge < -0.3 is 10.2 Å². The first-order valence-electron chi connectivity index (χ1n) is 7.27. The average molecular weight is 281 g/mol. The molecule has 1 aromatic rings. The molecule has 1 fully saturated rings. The summed E-state index contributed by atoms with van der Waals surface area (Å²) in [4.78, 5) is 2.44. The van der Waals surface area contributed by atoms with Gasteiger partial charge >= 0.3 is 0 Å². The lowest BCUT2D eigenvalue weighted by atomic mass is 9.91. The fourth-order valence-electron chi connectivity index (χ4n) is 3.06. The van der Waals surface area contributed by atoms with E-state index in [1.165, 1.54) is 31.5 Å². The molecule has 0 bridgehead atoms. The predicted octanol–water partition coefficient (Wildman–Crippen LogP) is 3.72. The molecular weight excluding hydrogens is 256 g/mol. The lowest BCUT2D eigenvalue weighted by Crippen LogP contribution is -2.43. The van der Waals surface area contributed by atoms with Gasteiger partial charge in [-0.3, -0.25) is 0 Å². The van der Waals surface area contributed by atoms with Crippen LogP contribution in [0.1, 0.15) is 38.3 Å². The molecule has 0 spiro atoms. The second kappa shape index (κ2) is 6.74. The van der Waals surface area contributed by atoms with Crippen LogP contribution in [0.15, 0.2) is 24.3 Å². The van der Waals surface area contributed by atoms with Crippen molar-refractivity contribution in [1.29, 1.82) is 0 Å². The molecule has 0 amide bonds. The molecule has 0 radical (unpaired) electrons. The van der Waals surface area contributed by atoms with Gasteiger partial charge in [0.1, 0.15) is 0 Å². The van der Waals surface area contributed by atoms with E-state index in [4.69, 9.17) is 11.6 Å². The number of piperidine rings is 1. The van der Waals surface area contributed by atoms with Crippen molar-refractivity contribution in [3.8, 4) is 0 Å². The van der Waals surface area contributed by atoms with Crippen molar-refractivity contribution in [1.82, 2.24) is 10.2 Å². The molecule has 1 saturated heterocycles. The summed E-state index contributed by atoms with van der Waals surface area (Å²) in [7, 11) is 2.22. The molecular formula is C16H25ClN2. The Labute approximate surface area is 122 Å². The van der Waals surface area contributed by atoms with E-state index >= 15 is 0 Å². The lowest BCUT2D eigenvalue weighted by Gasteiger charge is -2.35. The summed E-state index contributed by atoms with van der Waals surface area (Å²) in [6, 6.07) is 8.94. The van der Waals surface area contributed by atoms with Crippen LogP contribution in [0, 0.1) is 5.92 Å². The summed E-state index contributed by atoms with van der Waals surface area (Å²) in [5.41, 5.74) is 1.19. The fourth-order valence-corrected chi connectivity index (χ4v) is 3.36. The topological polar surface area (TPSA) is 15.3 Å². The molecule has 0 aliphatic carbocycles. The molecule has 1 N–H and O–H groups in total. The largest absolute Gasteiger partial charge is 0.307 e. The van der Waals surface area contributed by atoms with Crippen LogP contribution in [0.25, 0.3) is 0 Å². The van der Waals surface area contributed by atoms with E-state index in [-0.39, 0.29) is 0 Å². The van der Waals surface area contributed by atoms with Crippen molar-refractivity contribution in [2.24, 2.45) is 5.92 Å². The molecule has 1 aromatic carbocycles. The van der Waals surface area contributed by atoms with Crippen molar-refractivity contribution >= 4 is 11.6 Å². The van der Waals surface area contributed by atoms with Crippen LogP contribution < -0.4 is 5.32 Å². The van der Waals surface area contributed by atoms with Crippen LogP contribution in [-0.2, 0) is 0 Å². The molecule has 3 heteroatoms. The monoisotopic (exact) mass is 280 g/mol. The van der Waals surface area contributed by atoms with Crippen LogP contribution in [0.3, 0.4) is 0 Å². The molecule has 19 heavy (non-hydrogen) atoms. The highest BCUT2D eigenvalue weighted by atomic mass is 35.5. The van der Waals surface area contributed by atoms with E-state index in [1.54, 1.807) is 0 Å². The van der Waals surface area contributed by atoms with Crippen molar-refractivity contribution in [2.45, 2.75) is 38.8 Å². The molecule has 0 aromatic heterocycles. The molecule has 2 rings (SSSR count). The Kier molecular flexibility index (Phi) is 5.26. The van der Waals surface area contributed by atoms with Gasteiger partial charge in [-0.2, -0.15) is 0 Å². The zero-order chi connectivity index (χ0) is 13.8. The highest BCUT2D eigenvalue weighted by Gasteiger charge is 2.24. The van der Waals surface area contributed by atoms with Gasteiger partial charge in [0.05, 0.1) is 0 Å². The summed E-state index contributed by atoms with van der Waals surface area (Å²) in [6.45, 7) is 6.94. The number of hydrogen-bond acceptors (Lipinski definition) is 2. The molecule has 2 unspecified atom stereocenters. The Morgan fingerprint density at radius 3 is 2.74 bits per heavy atom. The average Bonchev–Trinajstić information content (AvgIpc) is 2.39. The zero-order valence-electron chi connectivity index (χ0n) is 12.2. The number of nitrogens with one attached hydrogen (secondary N) is 1. The summed E-state index contributed by atoms with van der Waals surface area (Å²) < 4.78 is 0. The van der Waals surface area contributed by atoms with Crippen molar-refractivity contribution in [3.05, 3.63) is 34.9 Å². The molecule has 3 atom stereocenters. The third-order valence-electron chi connectivity index (χ3n) is 4.25. The Morgan fingerprint density at radius 1 is 1.32 bits per heavy atom. The number of nitrogens with zero attached hydrogens (tertiary/aromatic N) is 1. The minimum atomic E-state index is 0.302. The van der Waals surface area contributed by atoms with E-state index in [1.807, 2.05) is 12.1 Å².